The van der Waals surface area contributed by atoms with Crippen LogP contribution in [0.1, 0.15) is 0 Å². The van der Waals surface area contributed by atoms with Crippen molar-refractivity contribution in [3.63, 3.8) is 0 Å². The minimum absolute atomic E-state index is 1.09. The number of para-hydroxylation sites is 2. The molecule has 2 aromatic heterocycles. The zero-order chi connectivity index (χ0) is 41.7. The molecule has 12 aromatic rings. The number of hydrogen-bond donors (Lipinski definition) is 0. The summed E-state index contributed by atoms with van der Waals surface area (Å²) in [6, 6.07) is 88.5. The van der Waals surface area contributed by atoms with Gasteiger partial charge in [-0.15, -0.1) is 11.3 Å². The largest absolute Gasteiger partial charge is 0.310 e. The Kier molecular flexibility index (Phi) is 9.06. The summed E-state index contributed by atoms with van der Waals surface area (Å²) in [5.41, 5.74) is 16.3. The number of nitrogens with zero attached hydrogens (tertiary/aromatic N) is 2. The SMILES string of the molecule is c1ccc(-c2ccccc2-c2c(-c3ccccc3)cccc2N(c2cccc(-c3ccc4c(c3)c3ccccc3n4-c3ccccc3)c2)c2ccc3c(c2)sc2ccccc23)cc1. The van der Waals surface area contributed by atoms with E-state index in [4.69, 9.17) is 0 Å². The van der Waals surface area contributed by atoms with Crippen molar-refractivity contribution in [2.75, 3.05) is 4.90 Å². The fourth-order valence-electron chi connectivity index (χ4n) is 9.55. The number of thiophene rings is 1. The minimum Gasteiger partial charge on any atom is -0.310 e. The first-order chi connectivity index (χ1) is 31.3. The van der Waals surface area contributed by atoms with Crippen LogP contribution >= 0.6 is 11.3 Å². The molecule has 0 saturated heterocycles. The second-order valence-corrected chi connectivity index (χ2v) is 17.1. The molecule has 0 aliphatic carbocycles. The average molecular weight is 821 g/mol. The third kappa shape index (κ3) is 6.41. The molecular weight excluding hydrogens is 781 g/mol. The van der Waals surface area contributed by atoms with E-state index in [1.807, 2.05) is 11.3 Å². The van der Waals surface area contributed by atoms with Crippen LogP contribution in [-0.2, 0) is 0 Å². The first kappa shape index (κ1) is 36.8. The highest BCUT2D eigenvalue weighted by Gasteiger charge is 2.24. The monoisotopic (exact) mass is 820 g/mol. The molecular formula is C60H40N2S. The molecule has 0 spiro atoms. The zero-order valence-electron chi connectivity index (χ0n) is 34.4. The molecule has 12 rings (SSSR count). The van der Waals surface area contributed by atoms with E-state index in [1.54, 1.807) is 0 Å². The Bertz CT molecular complexity index is 3620. The number of fused-ring (bicyclic) bond motifs is 6. The fourth-order valence-corrected chi connectivity index (χ4v) is 10.7. The van der Waals surface area contributed by atoms with Gasteiger partial charge in [-0.1, -0.05) is 176 Å². The van der Waals surface area contributed by atoms with Crippen LogP contribution in [0.4, 0.5) is 17.1 Å². The van der Waals surface area contributed by atoms with Gasteiger partial charge in [-0.05, 0) is 106 Å². The lowest BCUT2D eigenvalue weighted by Gasteiger charge is -2.30. The quantitative estimate of drug-likeness (QED) is 0.148. The molecule has 296 valence electrons. The van der Waals surface area contributed by atoms with E-state index in [9.17, 15) is 0 Å². The van der Waals surface area contributed by atoms with Crippen molar-refractivity contribution in [3.8, 4) is 50.2 Å². The summed E-state index contributed by atoms with van der Waals surface area (Å²) >= 11 is 1.86. The van der Waals surface area contributed by atoms with Crippen LogP contribution in [0.15, 0.2) is 243 Å². The predicted molar refractivity (Wildman–Crippen MR) is 270 cm³/mol. The van der Waals surface area contributed by atoms with Crippen LogP contribution < -0.4 is 4.90 Å². The van der Waals surface area contributed by atoms with Crippen LogP contribution in [0.25, 0.3) is 92.2 Å². The Morgan fingerprint density at radius 3 is 1.70 bits per heavy atom. The van der Waals surface area contributed by atoms with E-state index < -0.39 is 0 Å². The van der Waals surface area contributed by atoms with E-state index in [1.165, 1.54) is 80.9 Å². The zero-order valence-corrected chi connectivity index (χ0v) is 35.2. The molecule has 0 bridgehead atoms. The van der Waals surface area contributed by atoms with Gasteiger partial charge in [-0.25, -0.2) is 0 Å². The van der Waals surface area contributed by atoms with Crippen LogP contribution in [0.5, 0.6) is 0 Å². The van der Waals surface area contributed by atoms with Crippen molar-refractivity contribution in [3.05, 3.63) is 243 Å². The van der Waals surface area contributed by atoms with Gasteiger partial charge in [0, 0.05) is 53.6 Å². The number of anilines is 3. The lowest BCUT2D eigenvalue weighted by atomic mass is 9.87. The number of rotatable bonds is 8. The van der Waals surface area contributed by atoms with Gasteiger partial charge >= 0.3 is 0 Å². The molecule has 2 heterocycles. The van der Waals surface area contributed by atoms with Gasteiger partial charge in [0.1, 0.15) is 0 Å². The molecule has 0 aliphatic heterocycles. The third-order valence-electron chi connectivity index (χ3n) is 12.4. The summed E-state index contributed by atoms with van der Waals surface area (Å²) in [6.07, 6.45) is 0. The summed E-state index contributed by atoms with van der Waals surface area (Å²) in [4.78, 5) is 2.48. The van der Waals surface area contributed by atoms with Crippen molar-refractivity contribution in [2.24, 2.45) is 0 Å². The molecule has 3 heteroatoms. The molecule has 0 amide bonds. The maximum Gasteiger partial charge on any atom is 0.0546 e. The Labute approximate surface area is 370 Å². The molecule has 0 saturated carbocycles. The smallest absolute Gasteiger partial charge is 0.0546 e. The summed E-state index contributed by atoms with van der Waals surface area (Å²) in [7, 11) is 0. The lowest BCUT2D eigenvalue weighted by molar-refractivity contribution is 1.18. The summed E-state index contributed by atoms with van der Waals surface area (Å²) < 4.78 is 4.94. The van der Waals surface area contributed by atoms with Gasteiger partial charge in [0.25, 0.3) is 0 Å². The van der Waals surface area contributed by atoms with Crippen LogP contribution in [0.3, 0.4) is 0 Å². The van der Waals surface area contributed by atoms with Crippen molar-refractivity contribution in [1.82, 2.24) is 4.57 Å². The van der Waals surface area contributed by atoms with Crippen LogP contribution in [-0.4, -0.2) is 4.57 Å². The summed E-state index contributed by atoms with van der Waals surface area (Å²) in [5, 5.41) is 5.06. The first-order valence-corrected chi connectivity index (χ1v) is 22.3. The Morgan fingerprint density at radius 2 is 0.889 bits per heavy atom. The van der Waals surface area contributed by atoms with E-state index in [0.717, 1.165) is 28.3 Å². The molecule has 63 heavy (non-hydrogen) atoms. The Morgan fingerprint density at radius 1 is 0.317 bits per heavy atom. The molecule has 0 radical (unpaired) electrons. The number of benzene rings is 10. The maximum atomic E-state index is 2.48. The molecule has 0 N–H and O–H groups in total. The van der Waals surface area contributed by atoms with Crippen molar-refractivity contribution in [1.29, 1.82) is 0 Å². The first-order valence-electron chi connectivity index (χ1n) is 21.5. The maximum absolute atomic E-state index is 2.48. The predicted octanol–water partition coefficient (Wildman–Crippen LogP) is 17.3. The summed E-state index contributed by atoms with van der Waals surface area (Å²) in [5.74, 6) is 0. The lowest BCUT2D eigenvalue weighted by Crippen LogP contribution is -2.12. The van der Waals surface area contributed by atoms with E-state index in [2.05, 4.69) is 252 Å². The average Bonchev–Trinajstić information content (AvgIpc) is 3.90. The van der Waals surface area contributed by atoms with Crippen LogP contribution in [0, 0.1) is 0 Å². The topological polar surface area (TPSA) is 8.17 Å². The molecule has 2 nitrogen and oxygen atoms in total. The highest BCUT2D eigenvalue weighted by Crippen LogP contribution is 2.49. The van der Waals surface area contributed by atoms with Crippen LogP contribution in [0.2, 0.25) is 0 Å². The minimum atomic E-state index is 1.09. The molecule has 10 aromatic carbocycles. The third-order valence-corrected chi connectivity index (χ3v) is 13.5. The van der Waals surface area contributed by atoms with Crippen molar-refractivity contribution >= 4 is 70.4 Å². The second kappa shape index (κ2) is 15.5. The fraction of sp³-hybridized carbons (Fsp3) is 0. The molecule has 0 aliphatic rings. The molecule has 0 fully saturated rings. The highest BCUT2D eigenvalue weighted by molar-refractivity contribution is 7.25. The summed E-state index contributed by atoms with van der Waals surface area (Å²) in [6.45, 7) is 0. The van der Waals surface area contributed by atoms with Gasteiger partial charge in [-0.3, -0.25) is 0 Å². The molecule has 0 atom stereocenters. The Hall–Kier alpha value is -7.98. The number of aromatic nitrogens is 1. The van der Waals surface area contributed by atoms with E-state index >= 15 is 0 Å². The van der Waals surface area contributed by atoms with Gasteiger partial charge in [0.05, 0.1) is 16.7 Å². The van der Waals surface area contributed by atoms with Crippen molar-refractivity contribution in [2.45, 2.75) is 0 Å². The number of hydrogen-bond acceptors (Lipinski definition) is 2. The Balaban J connectivity index is 1.10. The van der Waals surface area contributed by atoms with Gasteiger partial charge in [0.2, 0.25) is 0 Å². The van der Waals surface area contributed by atoms with E-state index in [0.29, 0.717) is 0 Å². The van der Waals surface area contributed by atoms with Gasteiger partial charge < -0.3 is 9.47 Å². The second-order valence-electron chi connectivity index (χ2n) is 16.1. The normalized spacial score (nSPS) is 11.5. The van der Waals surface area contributed by atoms with Gasteiger partial charge in [-0.2, -0.15) is 0 Å². The van der Waals surface area contributed by atoms with E-state index in [-0.39, 0.29) is 0 Å². The highest BCUT2D eigenvalue weighted by atomic mass is 32.1. The standard InChI is InChI=1S/C60H40N2S/c1-4-18-41(19-5-1)48-26-10-11-29-53(48)60-49(42-20-6-2-7-21-42)30-17-32-57(60)61(47-35-36-52-51-28-13-15-33-58(51)63-59(52)40-47)46-25-16-22-43(38-46)44-34-37-56-54(39-44)50-27-12-14-31-55(50)62(56)45-23-8-3-9-24-45/h1-40H. The van der Waals surface area contributed by atoms with Gasteiger partial charge in [0.15, 0.2) is 0 Å². The molecule has 0 unspecified atom stereocenters. The van der Waals surface area contributed by atoms with Crippen molar-refractivity contribution < 1.29 is 0 Å².